The van der Waals surface area contributed by atoms with E-state index in [1.807, 2.05) is 0 Å². The molecule has 0 saturated heterocycles. The Kier molecular flexibility index (Phi) is 7.66. The molecule has 4 N–H and O–H groups in total. The largest absolute Gasteiger partial charge is 0.496 e. The lowest BCUT2D eigenvalue weighted by atomic mass is 10.2. The summed E-state index contributed by atoms with van der Waals surface area (Å²) in [5.74, 6) is -5.24. The van der Waals surface area contributed by atoms with Crippen molar-refractivity contribution in [3.8, 4) is 17.4 Å². The van der Waals surface area contributed by atoms with Crippen LogP contribution in [0.4, 0.5) is 25.0 Å². The van der Waals surface area contributed by atoms with Crippen LogP contribution in [0.5, 0.6) is 17.4 Å². The molecule has 3 aromatic rings. The lowest BCUT2D eigenvalue weighted by Crippen LogP contribution is -2.21. The first-order chi connectivity index (χ1) is 16.7. The second-order valence-electron chi connectivity index (χ2n) is 6.61. The number of carbonyl (C=O) groups excluding carboxylic acids is 1. The highest BCUT2D eigenvalue weighted by molar-refractivity contribution is 7.13. The predicted octanol–water partition coefficient (Wildman–Crippen LogP) is 4.06. The number of aromatic carboxylic acids is 2. The highest BCUT2D eigenvalue weighted by atomic mass is 32.1. The van der Waals surface area contributed by atoms with Crippen molar-refractivity contribution in [2.75, 3.05) is 24.9 Å². The van der Waals surface area contributed by atoms with E-state index < -0.39 is 46.7 Å². The molecule has 0 bridgehead atoms. The first-order valence-corrected chi connectivity index (χ1v) is 10.4. The van der Waals surface area contributed by atoms with Crippen molar-refractivity contribution in [1.82, 2.24) is 4.98 Å². The average Bonchev–Trinajstić information content (AvgIpc) is 3.24. The van der Waals surface area contributed by atoms with Gasteiger partial charge in [0.05, 0.1) is 37.4 Å². The molecule has 0 aliphatic carbocycles. The van der Waals surface area contributed by atoms with Crippen LogP contribution < -0.4 is 24.8 Å². The molecule has 2 aromatic heterocycles. The summed E-state index contributed by atoms with van der Waals surface area (Å²) in [5, 5.41) is 24.2. The summed E-state index contributed by atoms with van der Waals surface area (Å²) >= 11 is 0.639. The highest BCUT2D eigenvalue weighted by Crippen LogP contribution is 2.31. The molecule has 35 heavy (non-hydrogen) atoms. The molecule has 2 heterocycles. The maximum atomic E-state index is 14.2. The number of anilines is 2. The summed E-state index contributed by atoms with van der Waals surface area (Å²) in [6, 6.07) is 2.52. The Morgan fingerprint density at radius 3 is 2.43 bits per heavy atom. The summed E-state index contributed by atoms with van der Waals surface area (Å²) < 4.78 is 43.5. The average molecular weight is 509 g/mol. The van der Waals surface area contributed by atoms with E-state index in [1.54, 1.807) is 0 Å². The minimum Gasteiger partial charge on any atom is -0.496 e. The lowest BCUT2D eigenvalue weighted by molar-refractivity contribution is 0.0657. The zero-order valence-corrected chi connectivity index (χ0v) is 18.9. The molecule has 3 rings (SSSR count). The number of hydrogen-bond donors (Lipinski definition) is 4. The molecule has 11 nitrogen and oxygen atoms in total. The van der Waals surface area contributed by atoms with Crippen LogP contribution in [-0.4, -0.2) is 47.4 Å². The molecule has 0 radical (unpaired) electrons. The molecule has 0 unspecified atom stereocenters. The number of halogens is 2. The number of ether oxygens (including phenoxy) is 3. The minimum atomic E-state index is -1.53. The smallest absolute Gasteiger partial charge is 0.346 e. The Morgan fingerprint density at radius 1 is 1.06 bits per heavy atom. The Morgan fingerprint density at radius 2 is 1.80 bits per heavy atom. The van der Waals surface area contributed by atoms with Gasteiger partial charge in [-0.2, -0.15) is 0 Å². The van der Waals surface area contributed by atoms with Crippen LogP contribution in [0.2, 0.25) is 0 Å². The van der Waals surface area contributed by atoms with Crippen LogP contribution in [0.15, 0.2) is 29.8 Å². The molecule has 0 aliphatic heterocycles. The van der Waals surface area contributed by atoms with Crippen molar-refractivity contribution in [2.24, 2.45) is 0 Å². The van der Waals surface area contributed by atoms with Gasteiger partial charge in [-0.3, -0.25) is 0 Å². The van der Waals surface area contributed by atoms with Crippen molar-refractivity contribution in [3.63, 3.8) is 0 Å². The van der Waals surface area contributed by atoms with E-state index in [0.29, 0.717) is 11.3 Å². The maximum absolute atomic E-state index is 14.2. The molecular formula is C21H17F2N3O8S. The summed E-state index contributed by atoms with van der Waals surface area (Å²) in [7, 11) is 2.58. The van der Waals surface area contributed by atoms with E-state index in [9.17, 15) is 28.3 Å². The molecular weight excluding hydrogens is 492 g/mol. The van der Waals surface area contributed by atoms with Crippen LogP contribution in [-0.2, 0) is 6.61 Å². The topological polar surface area (TPSA) is 156 Å². The van der Waals surface area contributed by atoms with Gasteiger partial charge >= 0.3 is 18.0 Å². The molecule has 2 amide bonds. The van der Waals surface area contributed by atoms with Crippen molar-refractivity contribution in [1.29, 1.82) is 0 Å². The molecule has 0 saturated carbocycles. The number of nitrogens with one attached hydrogen (secondary N) is 2. The van der Waals surface area contributed by atoms with E-state index in [2.05, 4.69) is 15.6 Å². The third kappa shape index (κ3) is 5.55. The van der Waals surface area contributed by atoms with Crippen LogP contribution >= 0.6 is 11.3 Å². The standard InChI is InChI=1S/C21H17F2N3O8S/c1-32-13-4-3-11(22)16(23)10(13)7-34-14-5-9(6-24-18(14)33-2)25-21(31)26-12-8-35-17(20(29)30)15(12)19(27)28/h3-6,8H,7H2,1-2H3,(H,27,28)(H,29,30)(H2,25,26,31). The third-order valence-electron chi connectivity index (χ3n) is 4.46. The summed E-state index contributed by atoms with van der Waals surface area (Å²) in [5.41, 5.74) is -0.918. The Hall–Kier alpha value is -4.46. The van der Waals surface area contributed by atoms with Gasteiger partial charge in [0.2, 0.25) is 0 Å². The van der Waals surface area contributed by atoms with Gasteiger partial charge in [0, 0.05) is 11.4 Å². The molecule has 0 fully saturated rings. The normalized spacial score (nSPS) is 10.4. The maximum Gasteiger partial charge on any atom is 0.346 e. The fraction of sp³-hybridized carbons (Fsp3) is 0.143. The minimum absolute atomic E-state index is 0.0242. The van der Waals surface area contributed by atoms with Crippen LogP contribution in [0.3, 0.4) is 0 Å². The van der Waals surface area contributed by atoms with Gasteiger partial charge in [0.1, 0.15) is 22.8 Å². The van der Waals surface area contributed by atoms with Crippen LogP contribution in [0.25, 0.3) is 0 Å². The number of carbonyl (C=O) groups is 3. The molecule has 14 heteroatoms. The number of aromatic nitrogens is 1. The number of thiophene rings is 1. The highest BCUT2D eigenvalue weighted by Gasteiger charge is 2.24. The second-order valence-corrected chi connectivity index (χ2v) is 7.48. The van der Waals surface area contributed by atoms with E-state index >= 15 is 0 Å². The van der Waals surface area contributed by atoms with Crippen molar-refractivity contribution in [3.05, 3.63) is 57.4 Å². The quantitative estimate of drug-likeness (QED) is 0.334. The number of amides is 2. The molecule has 184 valence electrons. The van der Waals surface area contributed by atoms with E-state index in [1.165, 1.54) is 37.9 Å². The predicted molar refractivity (Wildman–Crippen MR) is 119 cm³/mol. The van der Waals surface area contributed by atoms with Gasteiger partial charge in [0.25, 0.3) is 5.88 Å². The van der Waals surface area contributed by atoms with Crippen LogP contribution in [0.1, 0.15) is 25.6 Å². The summed E-state index contributed by atoms with van der Waals surface area (Å²) in [6.07, 6.45) is 1.20. The lowest BCUT2D eigenvalue weighted by Gasteiger charge is -2.14. The first kappa shape index (κ1) is 25.2. The van der Waals surface area contributed by atoms with Gasteiger partial charge in [-0.1, -0.05) is 0 Å². The number of carboxylic acid groups (broad SMARTS) is 2. The number of benzene rings is 1. The summed E-state index contributed by atoms with van der Waals surface area (Å²) in [4.78, 5) is 38.5. The van der Waals surface area contributed by atoms with Gasteiger partial charge in [-0.05, 0) is 12.1 Å². The zero-order chi connectivity index (χ0) is 25.7. The fourth-order valence-electron chi connectivity index (χ4n) is 2.91. The number of methoxy groups -OCH3 is 2. The number of carboxylic acids is 2. The van der Waals surface area contributed by atoms with Gasteiger partial charge < -0.3 is 35.1 Å². The monoisotopic (exact) mass is 509 g/mol. The number of rotatable bonds is 9. The van der Waals surface area contributed by atoms with Crippen molar-refractivity contribution >= 4 is 40.7 Å². The summed E-state index contributed by atoms with van der Waals surface area (Å²) in [6.45, 7) is -0.463. The molecule has 1 aromatic carbocycles. The van der Waals surface area contributed by atoms with E-state index in [4.69, 9.17) is 19.3 Å². The van der Waals surface area contributed by atoms with Crippen molar-refractivity contribution in [2.45, 2.75) is 6.61 Å². The van der Waals surface area contributed by atoms with E-state index in [-0.39, 0.29) is 34.3 Å². The van der Waals surface area contributed by atoms with Gasteiger partial charge in [0.15, 0.2) is 17.4 Å². The third-order valence-corrected chi connectivity index (χ3v) is 5.43. The zero-order valence-electron chi connectivity index (χ0n) is 18.0. The number of hydrogen-bond acceptors (Lipinski definition) is 8. The number of urea groups is 1. The van der Waals surface area contributed by atoms with Gasteiger partial charge in [-0.25, -0.2) is 28.1 Å². The Bertz CT molecular complexity index is 1300. The second kappa shape index (κ2) is 10.6. The molecule has 0 atom stereocenters. The van der Waals surface area contributed by atoms with Crippen LogP contribution in [0, 0.1) is 11.6 Å². The first-order valence-electron chi connectivity index (χ1n) is 9.50. The Balaban J connectivity index is 1.79. The molecule has 0 spiro atoms. The van der Waals surface area contributed by atoms with Gasteiger partial charge in [-0.15, -0.1) is 11.3 Å². The van der Waals surface area contributed by atoms with E-state index in [0.717, 1.165) is 6.07 Å². The molecule has 0 aliphatic rings. The van der Waals surface area contributed by atoms with Crippen molar-refractivity contribution < 1.29 is 47.6 Å². The number of pyridine rings is 1. The Labute approximate surface area is 199 Å². The fourth-order valence-corrected chi connectivity index (χ4v) is 3.74. The SMILES string of the molecule is COc1ccc(F)c(F)c1COc1cc(NC(=O)Nc2csc(C(=O)O)c2C(=O)O)cnc1OC. The number of nitrogens with zero attached hydrogens (tertiary/aromatic N) is 1.